The first-order chi connectivity index (χ1) is 12.3. The fourth-order valence-electron chi connectivity index (χ4n) is 3.23. The van der Waals surface area contributed by atoms with Crippen LogP contribution in [0, 0.1) is 11.3 Å². The standard InChI is InChI=1S/C19H20F3NO3/c1-2-6-16(13-23)25-17(24)18(11-4-3-5-12-18)14-7-9-15(10-8-14)26-19(20,21)22/h6-10H,2-5,11-12H2,1H3. The molecule has 0 radical (unpaired) electrons. The summed E-state index contributed by atoms with van der Waals surface area (Å²) in [5, 5.41) is 9.08. The molecule has 7 heteroatoms. The van der Waals surface area contributed by atoms with Crippen LogP contribution in [0.1, 0.15) is 51.0 Å². The minimum atomic E-state index is -4.77. The molecule has 0 aromatic heterocycles. The van der Waals surface area contributed by atoms with Crippen LogP contribution < -0.4 is 4.74 Å². The van der Waals surface area contributed by atoms with E-state index < -0.39 is 17.7 Å². The molecule has 4 nitrogen and oxygen atoms in total. The van der Waals surface area contributed by atoms with Gasteiger partial charge in [-0.15, -0.1) is 13.2 Å². The van der Waals surface area contributed by atoms with Crippen molar-refractivity contribution < 1.29 is 27.4 Å². The predicted molar refractivity (Wildman–Crippen MR) is 88.0 cm³/mol. The molecule has 1 aromatic carbocycles. The molecule has 0 heterocycles. The van der Waals surface area contributed by atoms with Gasteiger partial charge in [-0.05, 0) is 43.0 Å². The monoisotopic (exact) mass is 367 g/mol. The minimum Gasteiger partial charge on any atom is -0.415 e. The lowest BCUT2D eigenvalue weighted by atomic mass is 9.69. The van der Waals surface area contributed by atoms with E-state index in [1.807, 2.05) is 13.0 Å². The molecular formula is C19H20F3NO3. The first kappa shape index (κ1) is 19.8. The molecule has 0 spiro atoms. The van der Waals surface area contributed by atoms with Crippen LogP contribution in [-0.4, -0.2) is 12.3 Å². The molecule has 140 valence electrons. The number of allylic oxidation sites excluding steroid dienone is 2. The average Bonchev–Trinajstić information content (AvgIpc) is 2.61. The second-order valence-corrected chi connectivity index (χ2v) is 6.19. The van der Waals surface area contributed by atoms with Crippen molar-refractivity contribution in [1.29, 1.82) is 5.26 Å². The third kappa shape index (κ3) is 4.78. The van der Waals surface area contributed by atoms with E-state index in [0.717, 1.165) is 19.3 Å². The summed E-state index contributed by atoms with van der Waals surface area (Å²) in [5.74, 6) is -0.938. The second kappa shape index (κ2) is 8.26. The van der Waals surface area contributed by atoms with E-state index in [0.29, 0.717) is 24.8 Å². The minimum absolute atomic E-state index is 0.0560. The molecule has 0 aliphatic heterocycles. The summed E-state index contributed by atoms with van der Waals surface area (Å²) in [6, 6.07) is 7.16. The van der Waals surface area contributed by atoms with Gasteiger partial charge in [-0.3, -0.25) is 4.79 Å². The molecule has 2 rings (SSSR count). The van der Waals surface area contributed by atoms with Gasteiger partial charge < -0.3 is 9.47 Å². The molecular weight excluding hydrogens is 347 g/mol. The molecule has 1 aromatic rings. The third-order valence-corrected chi connectivity index (χ3v) is 4.44. The Morgan fingerprint density at radius 2 is 1.85 bits per heavy atom. The van der Waals surface area contributed by atoms with Crippen molar-refractivity contribution in [1.82, 2.24) is 0 Å². The smallest absolute Gasteiger partial charge is 0.415 e. The summed E-state index contributed by atoms with van der Waals surface area (Å²) in [6.07, 6.45) is 0.925. The average molecular weight is 367 g/mol. The van der Waals surface area contributed by atoms with Crippen LogP contribution >= 0.6 is 0 Å². The number of hydrogen-bond donors (Lipinski definition) is 0. The number of nitriles is 1. The Hall–Kier alpha value is -2.49. The SMILES string of the molecule is CCC=C(C#N)OC(=O)C1(c2ccc(OC(F)(F)F)cc2)CCCCC1. The highest BCUT2D eigenvalue weighted by Crippen LogP contribution is 2.41. The maximum Gasteiger partial charge on any atom is 0.573 e. The Balaban J connectivity index is 2.30. The fraction of sp³-hybridized carbons (Fsp3) is 0.474. The number of alkyl halides is 3. The largest absolute Gasteiger partial charge is 0.573 e. The van der Waals surface area contributed by atoms with Gasteiger partial charge in [0.2, 0.25) is 5.76 Å². The van der Waals surface area contributed by atoms with E-state index in [2.05, 4.69) is 4.74 Å². The molecule has 0 N–H and O–H groups in total. The van der Waals surface area contributed by atoms with E-state index >= 15 is 0 Å². The molecule has 1 fully saturated rings. The Morgan fingerprint density at radius 1 is 1.23 bits per heavy atom. The lowest BCUT2D eigenvalue weighted by molar-refractivity contribution is -0.274. The van der Waals surface area contributed by atoms with Crippen molar-refractivity contribution in [2.75, 3.05) is 0 Å². The Kier molecular flexibility index (Phi) is 6.30. The van der Waals surface area contributed by atoms with E-state index in [-0.39, 0.29) is 11.5 Å². The third-order valence-electron chi connectivity index (χ3n) is 4.44. The summed E-state index contributed by atoms with van der Waals surface area (Å²) in [5.41, 5.74) is -0.385. The number of carbonyl (C=O) groups is 1. The second-order valence-electron chi connectivity index (χ2n) is 6.19. The van der Waals surface area contributed by atoms with Gasteiger partial charge in [0.1, 0.15) is 11.8 Å². The number of rotatable bonds is 5. The summed E-state index contributed by atoms with van der Waals surface area (Å²) in [6.45, 7) is 1.82. The number of esters is 1. The molecule has 26 heavy (non-hydrogen) atoms. The van der Waals surface area contributed by atoms with Crippen LogP contribution in [-0.2, 0) is 14.9 Å². The Morgan fingerprint density at radius 3 is 2.35 bits per heavy atom. The van der Waals surface area contributed by atoms with Gasteiger partial charge in [0.25, 0.3) is 0 Å². The number of benzene rings is 1. The molecule has 1 aliphatic rings. The highest BCUT2D eigenvalue weighted by Gasteiger charge is 2.43. The van der Waals surface area contributed by atoms with Crippen molar-refractivity contribution in [3.63, 3.8) is 0 Å². The van der Waals surface area contributed by atoms with Crippen molar-refractivity contribution in [2.24, 2.45) is 0 Å². The number of halogens is 3. The number of carbonyl (C=O) groups excluding carboxylic acids is 1. The maximum absolute atomic E-state index is 12.9. The summed E-state index contributed by atoms with van der Waals surface area (Å²) >= 11 is 0. The summed E-state index contributed by atoms with van der Waals surface area (Å²) in [4.78, 5) is 12.9. The maximum atomic E-state index is 12.9. The quantitative estimate of drug-likeness (QED) is 0.410. The van der Waals surface area contributed by atoms with Crippen molar-refractivity contribution >= 4 is 5.97 Å². The fourth-order valence-corrected chi connectivity index (χ4v) is 3.23. The van der Waals surface area contributed by atoms with Crippen LogP contribution in [0.3, 0.4) is 0 Å². The highest BCUT2D eigenvalue weighted by molar-refractivity contribution is 5.84. The lowest BCUT2D eigenvalue weighted by Crippen LogP contribution is -2.39. The Labute approximate surface area is 150 Å². The normalized spacial score (nSPS) is 17.3. The lowest BCUT2D eigenvalue weighted by Gasteiger charge is -2.35. The van der Waals surface area contributed by atoms with Gasteiger partial charge in [0.15, 0.2) is 0 Å². The Bertz CT molecular complexity index is 696. The number of hydrogen-bond acceptors (Lipinski definition) is 4. The zero-order valence-corrected chi connectivity index (χ0v) is 14.4. The molecule has 0 atom stereocenters. The van der Waals surface area contributed by atoms with Crippen molar-refractivity contribution in [2.45, 2.75) is 57.2 Å². The van der Waals surface area contributed by atoms with Gasteiger partial charge in [-0.2, -0.15) is 5.26 Å². The zero-order valence-electron chi connectivity index (χ0n) is 14.4. The highest BCUT2D eigenvalue weighted by atomic mass is 19.4. The molecule has 1 saturated carbocycles. The van der Waals surface area contributed by atoms with Crippen LogP contribution in [0.25, 0.3) is 0 Å². The topological polar surface area (TPSA) is 59.3 Å². The summed E-state index contributed by atoms with van der Waals surface area (Å²) < 4.78 is 46.1. The van der Waals surface area contributed by atoms with Crippen LogP contribution in [0.5, 0.6) is 5.75 Å². The molecule has 0 saturated heterocycles. The zero-order chi connectivity index (χ0) is 19.2. The van der Waals surface area contributed by atoms with Crippen molar-refractivity contribution in [3.05, 3.63) is 41.7 Å². The van der Waals surface area contributed by atoms with E-state index in [9.17, 15) is 18.0 Å². The van der Waals surface area contributed by atoms with Crippen LogP contribution in [0.15, 0.2) is 36.1 Å². The first-order valence-corrected chi connectivity index (χ1v) is 8.49. The van der Waals surface area contributed by atoms with Gasteiger partial charge in [0.05, 0.1) is 5.41 Å². The molecule has 0 bridgehead atoms. The van der Waals surface area contributed by atoms with Crippen molar-refractivity contribution in [3.8, 4) is 11.8 Å². The van der Waals surface area contributed by atoms with Gasteiger partial charge >= 0.3 is 12.3 Å². The molecule has 0 amide bonds. The van der Waals surface area contributed by atoms with Crippen LogP contribution in [0.4, 0.5) is 13.2 Å². The predicted octanol–water partition coefficient (Wildman–Crippen LogP) is 5.15. The first-order valence-electron chi connectivity index (χ1n) is 8.49. The number of ether oxygens (including phenoxy) is 2. The van der Waals surface area contributed by atoms with Gasteiger partial charge in [-0.25, -0.2) is 0 Å². The van der Waals surface area contributed by atoms with Gasteiger partial charge in [0, 0.05) is 0 Å². The molecule has 1 aliphatic carbocycles. The van der Waals surface area contributed by atoms with Crippen LogP contribution in [0.2, 0.25) is 0 Å². The van der Waals surface area contributed by atoms with E-state index in [4.69, 9.17) is 10.00 Å². The number of nitrogens with zero attached hydrogens (tertiary/aromatic N) is 1. The van der Waals surface area contributed by atoms with E-state index in [1.54, 1.807) is 0 Å². The summed E-state index contributed by atoms with van der Waals surface area (Å²) in [7, 11) is 0. The van der Waals surface area contributed by atoms with Gasteiger partial charge in [-0.1, -0.05) is 38.3 Å². The van der Waals surface area contributed by atoms with E-state index in [1.165, 1.54) is 30.3 Å². The molecule has 0 unspecified atom stereocenters.